The average Bonchev–Trinajstić information content (AvgIpc) is 2.76. The van der Waals surface area contributed by atoms with Crippen LogP contribution in [0.15, 0.2) is 21.2 Å². The number of furan rings is 1. The molecule has 1 atom stereocenters. The Balaban J connectivity index is 1.92. The molecule has 2 heterocycles. The summed E-state index contributed by atoms with van der Waals surface area (Å²) in [6.45, 7) is 0.434. The lowest BCUT2D eigenvalue weighted by atomic mass is 10.2. The summed E-state index contributed by atoms with van der Waals surface area (Å²) < 4.78 is 5.92. The van der Waals surface area contributed by atoms with E-state index in [9.17, 15) is 9.59 Å². The molecule has 86 valence electrons. The van der Waals surface area contributed by atoms with E-state index in [4.69, 9.17) is 4.42 Å². The number of carbonyl (C=O) groups is 2. The van der Waals surface area contributed by atoms with Crippen molar-refractivity contribution in [1.82, 2.24) is 10.2 Å². The van der Waals surface area contributed by atoms with Crippen molar-refractivity contribution in [1.29, 1.82) is 0 Å². The van der Waals surface area contributed by atoms with Gasteiger partial charge in [-0.05, 0) is 28.1 Å². The molecule has 1 saturated heterocycles. The number of hydrogen-bond acceptors (Lipinski definition) is 4. The summed E-state index contributed by atoms with van der Waals surface area (Å²) in [6, 6.07) is 3.16. The van der Waals surface area contributed by atoms with E-state index in [0.29, 0.717) is 11.2 Å². The van der Waals surface area contributed by atoms with E-state index in [0.717, 1.165) is 10.7 Å². The molecule has 0 radical (unpaired) electrons. The van der Waals surface area contributed by atoms with Gasteiger partial charge in [0.2, 0.25) is 11.8 Å². The molecule has 0 aliphatic carbocycles. The molecule has 1 aromatic rings. The Morgan fingerprint density at radius 1 is 1.56 bits per heavy atom. The predicted octanol–water partition coefficient (Wildman–Crippen LogP) is 0.889. The fraction of sp³-hybridized carbons (Fsp3) is 0.400. The number of amides is 2. The standard InChI is InChI=1S/C10H11BrN2O3/c1-13-9(14)4-7(10(13)15)12-5-6-2-3-8(11)16-6/h2-3,7,12H,4-5H2,1H3. The lowest BCUT2D eigenvalue weighted by Crippen LogP contribution is -2.36. The van der Waals surface area contributed by atoms with Gasteiger partial charge in [0.05, 0.1) is 19.0 Å². The van der Waals surface area contributed by atoms with Crippen molar-refractivity contribution >= 4 is 27.7 Å². The molecule has 6 heteroatoms. The summed E-state index contributed by atoms with van der Waals surface area (Å²) in [5, 5.41) is 3.00. The van der Waals surface area contributed by atoms with Crippen molar-refractivity contribution in [2.75, 3.05) is 7.05 Å². The minimum atomic E-state index is -0.429. The second kappa shape index (κ2) is 4.39. The second-order valence-corrected chi connectivity index (χ2v) is 4.42. The minimum absolute atomic E-state index is 0.150. The largest absolute Gasteiger partial charge is 0.453 e. The maximum Gasteiger partial charge on any atom is 0.246 e. The van der Waals surface area contributed by atoms with E-state index in [1.165, 1.54) is 7.05 Å². The zero-order chi connectivity index (χ0) is 11.7. The monoisotopic (exact) mass is 286 g/mol. The summed E-state index contributed by atoms with van der Waals surface area (Å²) >= 11 is 3.19. The summed E-state index contributed by atoms with van der Waals surface area (Å²) in [5.74, 6) is 0.389. The fourth-order valence-electron chi connectivity index (χ4n) is 1.59. The average molecular weight is 287 g/mol. The molecule has 2 amide bonds. The highest BCUT2D eigenvalue weighted by atomic mass is 79.9. The van der Waals surface area contributed by atoms with Crippen molar-refractivity contribution in [2.24, 2.45) is 0 Å². The van der Waals surface area contributed by atoms with Crippen LogP contribution in [0.1, 0.15) is 12.2 Å². The van der Waals surface area contributed by atoms with Gasteiger partial charge in [-0.15, -0.1) is 0 Å². The van der Waals surface area contributed by atoms with E-state index < -0.39 is 6.04 Å². The Hall–Kier alpha value is -1.14. The molecule has 0 bridgehead atoms. The molecule has 1 aromatic heterocycles. The van der Waals surface area contributed by atoms with E-state index in [1.807, 2.05) is 6.07 Å². The smallest absolute Gasteiger partial charge is 0.246 e. The lowest BCUT2D eigenvalue weighted by Gasteiger charge is -2.09. The SMILES string of the molecule is CN1C(=O)CC(NCc2ccc(Br)o2)C1=O. The highest BCUT2D eigenvalue weighted by Gasteiger charge is 2.35. The van der Waals surface area contributed by atoms with Crippen molar-refractivity contribution in [3.63, 3.8) is 0 Å². The first-order valence-electron chi connectivity index (χ1n) is 4.86. The lowest BCUT2D eigenvalue weighted by molar-refractivity contribution is -0.137. The number of nitrogens with zero attached hydrogens (tertiary/aromatic N) is 1. The van der Waals surface area contributed by atoms with Gasteiger partial charge in [0.1, 0.15) is 5.76 Å². The molecule has 0 aromatic carbocycles. The molecular weight excluding hydrogens is 276 g/mol. The van der Waals surface area contributed by atoms with Gasteiger partial charge in [-0.25, -0.2) is 0 Å². The van der Waals surface area contributed by atoms with Gasteiger partial charge in [0.15, 0.2) is 4.67 Å². The Bertz CT molecular complexity index is 429. The van der Waals surface area contributed by atoms with Gasteiger partial charge < -0.3 is 4.42 Å². The molecule has 0 saturated carbocycles. The molecule has 0 spiro atoms. The number of hydrogen-bond donors (Lipinski definition) is 1. The first-order chi connectivity index (χ1) is 7.58. The molecule has 5 nitrogen and oxygen atoms in total. The molecule has 1 aliphatic heterocycles. The zero-order valence-electron chi connectivity index (χ0n) is 8.70. The Labute approximate surface area is 101 Å². The second-order valence-electron chi connectivity index (χ2n) is 3.63. The summed E-state index contributed by atoms with van der Waals surface area (Å²) in [7, 11) is 1.50. The molecular formula is C10H11BrN2O3. The van der Waals surface area contributed by atoms with E-state index >= 15 is 0 Å². The number of carbonyl (C=O) groups excluding carboxylic acids is 2. The Kier molecular flexibility index (Phi) is 3.11. The van der Waals surface area contributed by atoms with Crippen LogP contribution in [0.25, 0.3) is 0 Å². The van der Waals surface area contributed by atoms with Crippen molar-refractivity contribution in [3.8, 4) is 0 Å². The van der Waals surface area contributed by atoms with E-state index in [1.54, 1.807) is 6.07 Å². The predicted molar refractivity (Wildman–Crippen MR) is 59.4 cm³/mol. The number of likely N-dealkylation sites (N-methyl/N-ethyl adjacent to an activating group) is 1. The number of likely N-dealkylation sites (tertiary alicyclic amines) is 1. The van der Waals surface area contributed by atoms with Gasteiger partial charge in [-0.2, -0.15) is 0 Å². The van der Waals surface area contributed by atoms with E-state index in [2.05, 4.69) is 21.2 Å². The summed E-state index contributed by atoms with van der Waals surface area (Å²) in [5.41, 5.74) is 0. The summed E-state index contributed by atoms with van der Waals surface area (Å²) in [4.78, 5) is 23.9. The number of imide groups is 1. The van der Waals surface area contributed by atoms with Gasteiger partial charge in [-0.1, -0.05) is 0 Å². The van der Waals surface area contributed by atoms with Crippen LogP contribution in [0, 0.1) is 0 Å². The van der Waals surface area contributed by atoms with Crippen LogP contribution >= 0.6 is 15.9 Å². The summed E-state index contributed by atoms with van der Waals surface area (Å²) in [6.07, 6.45) is 0.219. The first-order valence-corrected chi connectivity index (χ1v) is 5.65. The third kappa shape index (κ3) is 2.17. The van der Waals surface area contributed by atoms with Crippen molar-refractivity contribution in [2.45, 2.75) is 19.0 Å². The molecule has 1 N–H and O–H groups in total. The third-order valence-electron chi connectivity index (χ3n) is 2.53. The zero-order valence-corrected chi connectivity index (χ0v) is 10.3. The number of halogens is 1. The molecule has 2 rings (SSSR count). The van der Waals surface area contributed by atoms with E-state index in [-0.39, 0.29) is 18.2 Å². The topological polar surface area (TPSA) is 62.6 Å². The number of nitrogens with one attached hydrogen (secondary N) is 1. The Morgan fingerprint density at radius 2 is 2.31 bits per heavy atom. The normalized spacial score (nSPS) is 20.9. The maximum absolute atomic E-state index is 11.5. The highest BCUT2D eigenvalue weighted by Crippen LogP contribution is 2.15. The molecule has 16 heavy (non-hydrogen) atoms. The molecule has 1 unspecified atom stereocenters. The first kappa shape index (κ1) is 11.3. The number of rotatable bonds is 3. The van der Waals surface area contributed by atoms with Crippen LogP contribution in [0.2, 0.25) is 0 Å². The van der Waals surface area contributed by atoms with Crippen molar-refractivity contribution in [3.05, 3.63) is 22.6 Å². The highest BCUT2D eigenvalue weighted by molar-refractivity contribution is 9.10. The van der Waals surface area contributed by atoms with Gasteiger partial charge in [0.25, 0.3) is 0 Å². The third-order valence-corrected chi connectivity index (χ3v) is 2.96. The van der Waals surface area contributed by atoms with Crippen LogP contribution in [-0.4, -0.2) is 29.8 Å². The molecule has 1 aliphatic rings. The quantitative estimate of drug-likeness (QED) is 0.839. The van der Waals surface area contributed by atoms with Gasteiger partial charge >= 0.3 is 0 Å². The van der Waals surface area contributed by atoms with Crippen LogP contribution in [0.4, 0.5) is 0 Å². The van der Waals surface area contributed by atoms with Crippen LogP contribution in [0.3, 0.4) is 0 Å². The van der Waals surface area contributed by atoms with Gasteiger partial charge in [0, 0.05) is 7.05 Å². The minimum Gasteiger partial charge on any atom is -0.453 e. The van der Waals surface area contributed by atoms with Crippen molar-refractivity contribution < 1.29 is 14.0 Å². The Morgan fingerprint density at radius 3 is 2.81 bits per heavy atom. The van der Waals surface area contributed by atoms with Gasteiger partial charge in [-0.3, -0.25) is 19.8 Å². The molecule has 1 fully saturated rings. The fourth-order valence-corrected chi connectivity index (χ4v) is 1.93. The van der Waals surface area contributed by atoms with Crippen LogP contribution in [0.5, 0.6) is 0 Å². The van der Waals surface area contributed by atoms with Crippen LogP contribution < -0.4 is 5.32 Å². The maximum atomic E-state index is 11.5. The van der Waals surface area contributed by atoms with Crippen LogP contribution in [-0.2, 0) is 16.1 Å².